The number of carbonyl (C=O) groups is 1. The summed E-state index contributed by atoms with van der Waals surface area (Å²) in [6.07, 6.45) is 1.92. The van der Waals surface area contributed by atoms with Gasteiger partial charge in [0.05, 0.1) is 11.4 Å². The molecular weight excluding hydrogens is 380 g/mol. The second kappa shape index (κ2) is 8.23. The Hall–Kier alpha value is -1.54. The number of nitrogens with zero attached hydrogens (tertiary/aromatic N) is 1. The lowest BCUT2D eigenvalue weighted by molar-refractivity contribution is -0.116. The quantitative estimate of drug-likeness (QED) is 0.754. The third kappa shape index (κ3) is 4.98. The van der Waals surface area contributed by atoms with Crippen LogP contribution in [0.4, 0.5) is 5.69 Å². The third-order valence-electron chi connectivity index (χ3n) is 3.60. The number of carbonyl (C=O) groups excluding carboxylic acids is 1. The van der Waals surface area contributed by atoms with Crippen LogP contribution in [0.25, 0.3) is 0 Å². The zero-order chi connectivity index (χ0) is 18.6. The topological polar surface area (TPSA) is 66.5 Å². The molecule has 0 aromatic heterocycles. The largest absolute Gasteiger partial charge is 0.325 e. The van der Waals surface area contributed by atoms with E-state index in [1.165, 1.54) is 18.8 Å². The first-order chi connectivity index (χ1) is 11.7. The highest BCUT2D eigenvalue weighted by atomic mass is 35.5. The lowest BCUT2D eigenvalue weighted by Crippen LogP contribution is -2.35. The van der Waals surface area contributed by atoms with E-state index in [2.05, 4.69) is 5.32 Å². The standard InChI is InChI=1S/C17H19ClN2O3S2/c1-12-10-13(18)4-9-16(12)19-17(21)11-20(2)25(22,23)15-7-5-14(24-3)6-8-15/h4-10H,11H2,1-3H3,(H,19,21). The summed E-state index contributed by atoms with van der Waals surface area (Å²) in [7, 11) is -2.34. The van der Waals surface area contributed by atoms with Crippen LogP contribution in [0.15, 0.2) is 52.3 Å². The van der Waals surface area contributed by atoms with Gasteiger partial charge in [-0.15, -0.1) is 11.8 Å². The van der Waals surface area contributed by atoms with E-state index < -0.39 is 15.9 Å². The van der Waals surface area contributed by atoms with Gasteiger partial charge in [-0.2, -0.15) is 4.31 Å². The van der Waals surface area contributed by atoms with Crippen LogP contribution in [-0.2, 0) is 14.8 Å². The van der Waals surface area contributed by atoms with Crippen molar-refractivity contribution in [3.63, 3.8) is 0 Å². The Morgan fingerprint density at radius 2 is 1.84 bits per heavy atom. The highest BCUT2D eigenvalue weighted by molar-refractivity contribution is 7.98. The highest BCUT2D eigenvalue weighted by Gasteiger charge is 2.23. The van der Waals surface area contributed by atoms with E-state index in [1.807, 2.05) is 13.2 Å². The van der Waals surface area contributed by atoms with Gasteiger partial charge < -0.3 is 5.32 Å². The lowest BCUT2D eigenvalue weighted by Gasteiger charge is -2.17. The van der Waals surface area contributed by atoms with Crippen LogP contribution in [0.2, 0.25) is 5.02 Å². The van der Waals surface area contributed by atoms with E-state index in [0.717, 1.165) is 14.8 Å². The summed E-state index contributed by atoms with van der Waals surface area (Å²) >= 11 is 7.41. The van der Waals surface area contributed by atoms with E-state index in [0.29, 0.717) is 10.7 Å². The second-order valence-electron chi connectivity index (χ2n) is 5.44. The number of anilines is 1. The van der Waals surface area contributed by atoms with Crippen molar-refractivity contribution < 1.29 is 13.2 Å². The van der Waals surface area contributed by atoms with Crippen molar-refractivity contribution in [1.29, 1.82) is 0 Å². The lowest BCUT2D eigenvalue weighted by atomic mass is 10.2. The number of sulfonamides is 1. The maximum absolute atomic E-state index is 12.6. The Kier molecular flexibility index (Phi) is 6.51. The summed E-state index contributed by atoms with van der Waals surface area (Å²) in [6, 6.07) is 11.6. The van der Waals surface area contributed by atoms with E-state index in [-0.39, 0.29) is 11.4 Å². The van der Waals surface area contributed by atoms with Crippen LogP contribution < -0.4 is 5.32 Å². The summed E-state index contributed by atoms with van der Waals surface area (Å²) in [5, 5.41) is 3.28. The van der Waals surface area contributed by atoms with Gasteiger partial charge >= 0.3 is 0 Å². The SMILES string of the molecule is CSc1ccc(S(=O)(=O)N(C)CC(=O)Nc2ccc(Cl)cc2C)cc1. The molecule has 0 saturated heterocycles. The molecular formula is C17H19ClN2O3S2. The maximum Gasteiger partial charge on any atom is 0.243 e. The fourth-order valence-electron chi connectivity index (χ4n) is 2.17. The van der Waals surface area contributed by atoms with Gasteiger partial charge in [0.1, 0.15) is 0 Å². The molecule has 0 fully saturated rings. The molecule has 25 heavy (non-hydrogen) atoms. The second-order valence-corrected chi connectivity index (χ2v) is 8.81. The van der Waals surface area contributed by atoms with E-state index >= 15 is 0 Å². The predicted molar refractivity (Wildman–Crippen MR) is 103 cm³/mol. The molecule has 134 valence electrons. The summed E-state index contributed by atoms with van der Waals surface area (Å²) < 4.78 is 26.1. The molecule has 0 bridgehead atoms. The Morgan fingerprint density at radius 3 is 2.40 bits per heavy atom. The molecule has 0 atom stereocenters. The smallest absolute Gasteiger partial charge is 0.243 e. The van der Waals surface area contributed by atoms with E-state index in [9.17, 15) is 13.2 Å². The van der Waals surface area contributed by atoms with E-state index in [1.54, 1.807) is 42.5 Å². The number of hydrogen-bond donors (Lipinski definition) is 1. The highest BCUT2D eigenvalue weighted by Crippen LogP contribution is 2.21. The number of rotatable bonds is 6. The van der Waals surface area contributed by atoms with Crippen molar-refractivity contribution in [3.8, 4) is 0 Å². The van der Waals surface area contributed by atoms with Crippen molar-refractivity contribution in [2.45, 2.75) is 16.7 Å². The molecule has 0 aliphatic carbocycles. The number of likely N-dealkylation sites (N-methyl/N-ethyl adjacent to an activating group) is 1. The fraction of sp³-hybridized carbons (Fsp3) is 0.235. The van der Waals surface area contributed by atoms with Gasteiger partial charge in [0, 0.05) is 22.7 Å². The Morgan fingerprint density at radius 1 is 1.20 bits per heavy atom. The number of aryl methyl sites for hydroxylation is 1. The molecule has 0 unspecified atom stereocenters. The van der Waals surface area contributed by atoms with Crippen LogP contribution in [-0.4, -0.2) is 38.5 Å². The minimum atomic E-state index is -3.73. The molecule has 2 aromatic carbocycles. The van der Waals surface area contributed by atoms with Crippen LogP contribution in [0, 0.1) is 6.92 Å². The molecule has 0 aliphatic heterocycles. The Labute approximate surface area is 157 Å². The molecule has 2 aromatic rings. The molecule has 5 nitrogen and oxygen atoms in total. The molecule has 0 aliphatic rings. The summed E-state index contributed by atoms with van der Waals surface area (Å²) in [4.78, 5) is 13.3. The number of amides is 1. The molecule has 8 heteroatoms. The molecule has 0 radical (unpaired) electrons. The average Bonchev–Trinajstić information content (AvgIpc) is 2.57. The van der Waals surface area contributed by atoms with Gasteiger partial charge in [-0.25, -0.2) is 8.42 Å². The van der Waals surface area contributed by atoms with Gasteiger partial charge in [-0.05, 0) is 61.2 Å². The molecule has 0 spiro atoms. The zero-order valence-corrected chi connectivity index (χ0v) is 16.5. The van der Waals surface area contributed by atoms with Gasteiger partial charge in [0.15, 0.2) is 0 Å². The number of thioether (sulfide) groups is 1. The first-order valence-corrected chi connectivity index (χ1v) is 10.4. The van der Waals surface area contributed by atoms with Gasteiger partial charge in [0.2, 0.25) is 15.9 Å². The summed E-state index contributed by atoms with van der Waals surface area (Å²) in [6.45, 7) is 1.53. The number of benzene rings is 2. The summed E-state index contributed by atoms with van der Waals surface area (Å²) in [5.74, 6) is -0.419. The van der Waals surface area contributed by atoms with Crippen molar-refractivity contribution in [2.24, 2.45) is 0 Å². The fourth-order valence-corrected chi connectivity index (χ4v) is 3.93. The van der Waals surface area contributed by atoms with Crippen LogP contribution >= 0.6 is 23.4 Å². The monoisotopic (exact) mass is 398 g/mol. The van der Waals surface area contributed by atoms with Crippen LogP contribution in [0.3, 0.4) is 0 Å². The van der Waals surface area contributed by atoms with Crippen LogP contribution in [0.1, 0.15) is 5.56 Å². The average molecular weight is 399 g/mol. The Bertz CT molecular complexity index is 868. The Balaban J connectivity index is 2.08. The zero-order valence-electron chi connectivity index (χ0n) is 14.1. The van der Waals surface area contributed by atoms with Gasteiger partial charge in [-0.3, -0.25) is 4.79 Å². The maximum atomic E-state index is 12.6. The predicted octanol–water partition coefficient (Wildman–Crippen LogP) is 3.63. The van der Waals surface area contributed by atoms with Crippen molar-refractivity contribution in [3.05, 3.63) is 53.1 Å². The first-order valence-electron chi connectivity index (χ1n) is 7.40. The molecule has 0 saturated carbocycles. The third-order valence-corrected chi connectivity index (χ3v) is 6.39. The van der Waals surface area contributed by atoms with Gasteiger partial charge in [0.25, 0.3) is 0 Å². The first kappa shape index (κ1) is 19.8. The van der Waals surface area contributed by atoms with Crippen LogP contribution in [0.5, 0.6) is 0 Å². The molecule has 2 rings (SSSR count). The molecule has 1 amide bonds. The number of hydrogen-bond acceptors (Lipinski definition) is 4. The summed E-state index contributed by atoms with van der Waals surface area (Å²) in [5.41, 5.74) is 1.41. The van der Waals surface area contributed by atoms with Gasteiger partial charge in [-0.1, -0.05) is 11.6 Å². The van der Waals surface area contributed by atoms with Crippen molar-refractivity contribution in [2.75, 3.05) is 25.2 Å². The van der Waals surface area contributed by atoms with E-state index in [4.69, 9.17) is 11.6 Å². The number of nitrogens with one attached hydrogen (secondary N) is 1. The van der Waals surface area contributed by atoms with Crippen molar-refractivity contribution in [1.82, 2.24) is 4.31 Å². The number of halogens is 1. The normalized spacial score (nSPS) is 11.6. The van der Waals surface area contributed by atoms with Crippen molar-refractivity contribution >= 4 is 45.0 Å². The molecule has 1 N–H and O–H groups in total. The minimum absolute atomic E-state index is 0.156. The molecule has 0 heterocycles. The minimum Gasteiger partial charge on any atom is -0.325 e.